The molecule has 0 radical (unpaired) electrons. The minimum Gasteiger partial charge on any atom is -0.321 e. The average molecular weight is 365 g/mol. The number of nitrogens with zero attached hydrogens (tertiary/aromatic N) is 1. The highest BCUT2D eigenvalue weighted by atomic mass is 35.5. The molecule has 25 heavy (non-hydrogen) atoms. The van der Waals surface area contributed by atoms with Crippen LogP contribution in [-0.4, -0.2) is 30.7 Å². The van der Waals surface area contributed by atoms with Gasteiger partial charge in [-0.05, 0) is 70.2 Å². The van der Waals surface area contributed by atoms with Crippen LogP contribution in [0, 0.1) is 0 Å². The Labute approximate surface area is 161 Å². The molecule has 0 N–H and O–H groups in total. The first-order valence-electron chi connectivity index (χ1n) is 10.2. The molecular weight excluding hydrogens is 326 g/mol. The van der Waals surface area contributed by atoms with E-state index in [0.717, 1.165) is 11.4 Å². The number of halogens is 1. The molecule has 1 nitrogen and oxygen atoms in total. The molecule has 0 amide bonds. The molecule has 0 bridgehead atoms. The largest absolute Gasteiger partial charge is 0.321 e. The molecule has 0 atom stereocenters. The van der Waals surface area contributed by atoms with Gasteiger partial charge < -0.3 is 4.48 Å². The number of benzene rings is 1. The second-order valence-electron chi connectivity index (χ2n) is 7.63. The fourth-order valence-corrected chi connectivity index (χ4v) is 3.72. The van der Waals surface area contributed by atoms with Crippen molar-refractivity contribution in [1.29, 1.82) is 0 Å². The van der Waals surface area contributed by atoms with E-state index >= 15 is 0 Å². The van der Waals surface area contributed by atoms with E-state index in [-0.39, 0.29) is 0 Å². The number of hydrogen-bond acceptors (Lipinski definition) is 0. The Morgan fingerprint density at radius 1 is 0.840 bits per heavy atom. The van der Waals surface area contributed by atoms with Crippen LogP contribution in [0.3, 0.4) is 0 Å². The molecule has 1 aromatic rings. The summed E-state index contributed by atoms with van der Waals surface area (Å²) in [5, 5.41) is 0.817. The summed E-state index contributed by atoms with van der Waals surface area (Å²) >= 11 is 6.00. The lowest BCUT2D eigenvalue weighted by Gasteiger charge is -2.38. The van der Waals surface area contributed by atoms with Crippen LogP contribution >= 0.6 is 11.6 Å². The van der Waals surface area contributed by atoms with Crippen molar-refractivity contribution in [1.82, 2.24) is 0 Å². The van der Waals surface area contributed by atoms with Crippen molar-refractivity contribution in [2.45, 2.75) is 73.1 Å². The Morgan fingerprint density at radius 3 is 2.00 bits per heavy atom. The Morgan fingerprint density at radius 2 is 1.44 bits per heavy atom. The Bertz CT molecular complexity index is 511. The van der Waals surface area contributed by atoms with Crippen LogP contribution < -0.4 is 0 Å². The summed E-state index contributed by atoms with van der Waals surface area (Å²) in [6.45, 7) is 16.6. The molecular formula is C23H39ClN+. The van der Waals surface area contributed by atoms with Crippen LogP contribution in [0.1, 0.15) is 72.3 Å². The first-order chi connectivity index (χ1) is 12.0. The van der Waals surface area contributed by atoms with Gasteiger partial charge in [0.1, 0.15) is 6.54 Å². The van der Waals surface area contributed by atoms with Crippen molar-refractivity contribution in [2.24, 2.45) is 0 Å². The van der Waals surface area contributed by atoms with Crippen molar-refractivity contribution in [2.75, 3.05) is 26.2 Å². The first kappa shape index (κ1) is 22.3. The molecule has 0 aliphatic heterocycles. The summed E-state index contributed by atoms with van der Waals surface area (Å²) in [5.74, 6) is 0. The molecule has 1 rings (SSSR count). The van der Waals surface area contributed by atoms with Crippen LogP contribution in [0.5, 0.6) is 0 Å². The molecule has 0 saturated carbocycles. The van der Waals surface area contributed by atoms with E-state index in [4.69, 9.17) is 11.6 Å². The highest BCUT2D eigenvalue weighted by molar-refractivity contribution is 6.30. The molecule has 1 aromatic carbocycles. The van der Waals surface area contributed by atoms with Crippen molar-refractivity contribution in [3.05, 3.63) is 46.0 Å². The smallest absolute Gasteiger partial charge is 0.100 e. The second-order valence-corrected chi connectivity index (χ2v) is 8.07. The molecule has 0 heterocycles. The summed E-state index contributed by atoms with van der Waals surface area (Å²) < 4.78 is 1.23. The number of likely N-dealkylation sites (N-methyl/N-ethyl adjacent to an activating group) is 1. The Kier molecular flexibility index (Phi) is 10.5. The molecule has 0 spiro atoms. The third-order valence-electron chi connectivity index (χ3n) is 5.76. The lowest BCUT2D eigenvalue weighted by Crippen LogP contribution is -2.49. The third kappa shape index (κ3) is 7.96. The maximum Gasteiger partial charge on any atom is 0.100 e. The van der Waals surface area contributed by atoms with Gasteiger partial charge in [-0.3, -0.25) is 0 Å². The van der Waals surface area contributed by atoms with Crippen LogP contribution in [0.2, 0.25) is 5.02 Å². The molecule has 0 aromatic heterocycles. The van der Waals surface area contributed by atoms with Gasteiger partial charge in [0.25, 0.3) is 0 Å². The van der Waals surface area contributed by atoms with Crippen molar-refractivity contribution in [3.8, 4) is 0 Å². The zero-order valence-corrected chi connectivity index (χ0v) is 18.0. The molecule has 0 aliphatic carbocycles. The quantitative estimate of drug-likeness (QED) is 0.212. The molecule has 0 aliphatic rings. The highest BCUT2D eigenvalue weighted by Crippen LogP contribution is 2.19. The van der Waals surface area contributed by atoms with Gasteiger partial charge in [-0.1, -0.05) is 55.5 Å². The topological polar surface area (TPSA) is 0 Å². The summed E-state index contributed by atoms with van der Waals surface area (Å²) in [6.07, 6.45) is 7.90. The molecule has 0 saturated heterocycles. The summed E-state index contributed by atoms with van der Waals surface area (Å²) in [4.78, 5) is 0. The number of rotatable bonds is 12. The number of hydrogen-bond donors (Lipinski definition) is 0. The van der Waals surface area contributed by atoms with Gasteiger partial charge in [-0.2, -0.15) is 0 Å². The highest BCUT2D eigenvalue weighted by Gasteiger charge is 2.23. The van der Waals surface area contributed by atoms with Gasteiger partial charge in [0, 0.05) is 5.02 Å². The van der Waals surface area contributed by atoms with Crippen LogP contribution in [0.25, 0.3) is 0 Å². The van der Waals surface area contributed by atoms with E-state index < -0.39 is 0 Å². The van der Waals surface area contributed by atoms with Gasteiger partial charge in [0.15, 0.2) is 0 Å². The normalized spacial score (nSPS) is 13.0. The van der Waals surface area contributed by atoms with E-state index in [2.05, 4.69) is 46.8 Å². The van der Waals surface area contributed by atoms with Crippen molar-refractivity contribution >= 4 is 11.6 Å². The van der Waals surface area contributed by atoms with Gasteiger partial charge in [0.05, 0.1) is 19.6 Å². The van der Waals surface area contributed by atoms with E-state index in [9.17, 15) is 0 Å². The number of allylic oxidation sites excluding steroid dienone is 1. The zero-order valence-electron chi connectivity index (χ0n) is 17.2. The predicted octanol–water partition coefficient (Wildman–Crippen LogP) is 7.05. The van der Waals surface area contributed by atoms with Crippen LogP contribution in [0.15, 0.2) is 35.4 Å². The Balaban J connectivity index is 2.68. The summed E-state index contributed by atoms with van der Waals surface area (Å²) in [7, 11) is 0. The molecule has 2 heteroatoms. The van der Waals surface area contributed by atoms with Crippen LogP contribution in [0.4, 0.5) is 0 Å². The minimum atomic E-state index is 0.817. The van der Waals surface area contributed by atoms with E-state index in [1.807, 2.05) is 12.1 Å². The van der Waals surface area contributed by atoms with E-state index in [1.165, 1.54) is 73.9 Å². The summed E-state index contributed by atoms with van der Waals surface area (Å²) in [5.41, 5.74) is 4.43. The van der Waals surface area contributed by atoms with E-state index in [1.54, 1.807) is 5.57 Å². The molecule has 142 valence electrons. The van der Waals surface area contributed by atoms with Gasteiger partial charge in [0.2, 0.25) is 0 Å². The maximum atomic E-state index is 6.00. The fourth-order valence-electron chi connectivity index (χ4n) is 3.59. The minimum absolute atomic E-state index is 0.817. The number of unbranched alkanes of at least 4 members (excludes halogenated alkanes) is 4. The predicted molar refractivity (Wildman–Crippen MR) is 113 cm³/mol. The first-order valence-corrected chi connectivity index (χ1v) is 10.6. The maximum absolute atomic E-state index is 6.00. The lowest BCUT2D eigenvalue weighted by molar-refractivity contribution is -0.920. The third-order valence-corrected chi connectivity index (χ3v) is 6.01. The monoisotopic (exact) mass is 364 g/mol. The van der Waals surface area contributed by atoms with Gasteiger partial charge in [-0.25, -0.2) is 0 Å². The van der Waals surface area contributed by atoms with Crippen molar-refractivity contribution < 1.29 is 4.48 Å². The van der Waals surface area contributed by atoms with Crippen LogP contribution in [-0.2, 0) is 6.42 Å². The Hall–Kier alpha value is -0.790. The molecule has 0 unspecified atom stereocenters. The fraction of sp³-hybridized carbons (Fsp3) is 0.652. The molecule has 0 fully saturated rings. The van der Waals surface area contributed by atoms with E-state index in [0.29, 0.717) is 0 Å². The van der Waals surface area contributed by atoms with Gasteiger partial charge >= 0.3 is 0 Å². The standard InChI is InChI=1S/C23H39ClN/c1-6-9-10-11-12-17-25(7-2,8-3)19-21(5)20(4)18-22-13-15-23(24)16-14-22/h13-16H,6-12,17-19H2,1-5H3/q+1. The van der Waals surface area contributed by atoms with Crippen molar-refractivity contribution in [3.63, 3.8) is 0 Å². The SMILES string of the molecule is CCCCCCC[N+](CC)(CC)CC(C)=C(C)Cc1ccc(Cl)cc1. The van der Waals surface area contributed by atoms with Gasteiger partial charge in [-0.15, -0.1) is 0 Å². The number of quaternary nitrogens is 1. The summed E-state index contributed by atoms with van der Waals surface area (Å²) in [6, 6.07) is 8.28. The second kappa shape index (κ2) is 11.8. The zero-order chi connectivity index (χ0) is 18.7. The average Bonchev–Trinajstić information content (AvgIpc) is 2.62. The lowest BCUT2D eigenvalue weighted by atomic mass is 10.0.